The number of rotatable bonds is 3. The molecule has 98 valence electrons. The van der Waals surface area contributed by atoms with E-state index in [-0.39, 0.29) is 6.10 Å². The Morgan fingerprint density at radius 3 is 2.72 bits per heavy atom. The average molecular weight is 248 g/mol. The maximum atomic E-state index is 9.82. The molecule has 5 heteroatoms. The highest BCUT2D eigenvalue weighted by Crippen LogP contribution is 2.38. The summed E-state index contributed by atoms with van der Waals surface area (Å²) in [5.74, 6) is 1.88. The molecule has 2 fully saturated rings. The number of fused-ring (bicyclic) bond motifs is 2. The van der Waals surface area contributed by atoms with Gasteiger partial charge in [-0.05, 0) is 32.6 Å². The fraction of sp³-hybridized carbons (Fsp3) is 0.692. The number of hydrogen-bond donors (Lipinski definition) is 2. The van der Waals surface area contributed by atoms with Gasteiger partial charge < -0.3 is 15.3 Å². The molecule has 3 heterocycles. The number of anilines is 2. The van der Waals surface area contributed by atoms with Gasteiger partial charge in [-0.2, -0.15) is 0 Å². The van der Waals surface area contributed by atoms with Crippen molar-refractivity contribution in [2.75, 3.05) is 16.8 Å². The summed E-state index contributed by atoms with van der Waals surface area (Å²) in [6.07, 6.45) is 5.57. The molecule has 5 nitrogen and oxygen atoms in total. The Kier molecular flexibility index (Phi) is 3.07. The lowest BCUT2D eigenvalue weighted by atomic mass is 10.00. The van der Waals surface area contributed by atoms with Gasteiger partial charge in [-0.3, -0.25) is 0 Å². The van der Waals surface area contributed by atoms with Crippen molar-refractivity contribution in [1.29, 1.82) is 0 Å². The third kappa shape index (κ3) is 2.03. The lowest BCUT2D eigenvalue weighted by Crippen LogP contribution is -2.45. The molecule has 2 atom stereocenters. The van der Waals surface area contributed by atoms with Gasteiger partial charge in [-0.15, -0.1) is 0 Å². The number of hydrogen-bond acceptors (Lipinski definition) is 5. The summed E-state index contributed by atoms with van der Waals surface area (Å²) in [4.78, 5) is 11.0. The van der Waals surface area contributed by atoms with Crippen molar-refractivity contribution in [1.82, 2.24) is 9.97 Å². The lowest BCUT2D eigenvalue weighted by Gasteiger charge is -2.38. The van der Waals surface area contributed by atoms with Crippen LogP contribution in [0.15, 0.2) is 12.4 Å². The van der Waals surface area contributed by atoms with Crippen LogP contribution in [0.5, 0.6) is 0 Å². The van der Waals surface area contributed by atoms with Crippen LogP contribution < -0.4 is 10.2 Å². The van der Waals surface area contributed by atoms with Crippen LogP contribution in [0.25, 0.3) is 0 Å². The minimum atomic E-state index is -0.131. The highest BCUT2D eigenvalue weighted by molar-refractivity contribution is 5.51. The molecule has 2 bridgehead atoms. The van der Waals surface area contributed by atoms with Gasteiger partial charge in [0.2, 0.25) is 0 Å². The normalized spacial score (nSPS) is 30.6. The zero-order valence-corrected chi connectivity index (χ0v) is 10.7. The zero-order valence-electron chi connectivity index (χ0n) is 10.7. The first kappa shape index (κ1) is 11.7. The van der Waals surface area contributed by atoms with E-state index in [0.717, 1.165) is 31.0 Å². The SMILES string of the molecule is CCNc1cc(N2C3CCC2CC(O)C3)ncn1. The molecule has 1 aromatic heterocycles. The van der Waals surface area contributed by atoms with E-state index in [4.69, 9.17) is 0 Å². The predicted octanol–water partition coefficient (Wildman–Crippen LogP) is 1.40. The van der Waals surface area contributed by atoms with Gasteiger partial charge in [0, 0.05) is 24.7 Å². The van der Waals surface area contributed by atoms with Crippen molar-refractivity contribution >= 4 is 11.6 Å². The van der Waals surface area contributed by atoms with Crippen LogP contribution in [0.3, 0.4) is 0 Å². The van der Waals surface area contributed by atoms with Gasteiger partial charge in [0.25, 0.3) is 0 Å². The van der Waals surface area contributed by atoms with Crippen LogP contribution in [-0.2, 0) is 0 Å². The topological polar surface area (TPSA) is 61.3 Å². The molecule has 0 amide bonds. The van der Waals surface area contributed by atoms with Gasteiger partial charge in [0.15, 0.2) is 0 Å². The van der Waals surface area contributed by atoms with Crippen LogP contribution in [0.1, 0.15) is 32.6 Å². The van der Waals surface area contributed by atoms with Crippen LogP contribution in [0.4, 0.5) is 11.6 Å². The molecule has 18 heavy (non-hydrogen) atoms. The summed E-state index contributed by atoms with van der Waals surface area (Å²) in [6.45, 7) is 2.92. The molecule has 0 radical (unpaired) electrons. The predicted molar refractivity (Wildman–Crippen MR) is 70.7 cm³/mol. The highest BCUT2D eigenvalue weighted by atomic mass is 16.3. The largest absolute Gasteiger partial charge is 0.393 e. The zero-order chi connectivity index (χ0) is 12.5. The third-order valence-electron chi connectivity index (χ3n) is 3.98. The smallest absolute Gasteiger partial charge is 0.134 e. The van der Waals surface area contributed by atoms with E-state index >= 15 is 0 Å². The van der Waals surface area contributed by atoms with E-state index in [1.807, 2.05) is 6.07 Å². The molecule has 2 N–H and O–H groups in total. The number of aliphatic hydroxyl groups is 1. The van der Waals surface area contributed by atoms with Crippen LogP contribution in [-0.4, -0.2) is 39.8 Å². The summed E-state index contributed by atoms with van der Waals surface area (Å²) in [7, 11) is 0. The Morgan fingerprint density at radius 1 is 1.33 bits per heavy atom. The molecule has 2 aliphatic rings. The maximum absolute atomic E-state index is 9.82. The average Bonchev–Trinajstić information content (AvgIpc) is 2.63. The van der Waals surface area contributed by atoms with Crippen molar-refractivity contribution in [3.63, 3.8) is 0 Å². The van der Waals surface area contributed by atoms with Gasteiger partial charge >= 0.3 is 0 Å². The number of nitrogens with zero attached hydrogens (tertiary/aromatic N) is 3. The first-order chi connectivity index (χ1) is 8.78. The van der Waals surface area contributed by atoms with E-state index < -0.39 is 0 Å². The molecule has 3 rings (SSSR count). The Balaban J connectivity index is 1.84. The Bertz CT molecular complexity index is 411. The second-order valence-electron chi connectivity index (χ2n) is 5.21. The number of piperidine rings is 1. The van der Waals surface area contributed by atoms with Crippen LogP contribution in [0.2, 0.25) is 0 Å². The van der Waals surface area contributed by atoms with Gasteiger partial charge in [0.05, 0.1) is 6.10 Å². The first-order valence-corrected chi connectivity index (χ1v) is 6.80. The minimum Gasteiger partial charge on any atom is -0.393 e. The van der Waals surface area contributed by atoms with Gasteiger partial charge in [0.1, 0.15) is 18.0 Å². The summed E-state index contributed by atoms with van der Waals surface area (Å²) in [5, 5.41) is 13.0. The van der Waals surface area contributed by atoms with Crippen molar-refractivity contribution in [3.8, 4) is 0 Å². The molecule has 0 aromatic carbocycles. The lowest BCUT2D eigenvalue weighted by molar-refractivity contribution is 0.126. The molecule has 0 spiro atoms. The summed E-state index contributed by atoms with van der Waals surface area (Å²) < 4.78 is 0. The number of aromatic nitrogens is 2. The minimum absolute atomic E-state index is 0.131. The molecule has 2 unspecified atom stereocenters. The Labute approximate surface area is 107 Å². The molecule has 2 saturated heterocycles. The quantitative estimate of drug-likeness (QED) is 0.846. The van der Waals surface area contributed by atoms with Gasteiger partial charge in [-0.1, -0.05) is 0 Å². The van der Waals surface area contributed by atoms with Crippen molar-refractivity contribution in [3.05, 3.63) is 12.4 Å². The van der Waals surface area contributed by atoms with Crippen molar-refractivity contribution in [2.45, 2.75) is 50.8 Å². The van der Waals surface area contributed by atoms with Crippen LogP contribution >= 0.6 is 0 Å². The summed E-state index contributed by atoms with van der Waals surface area (Å²) in [5.41, 5.74) is 0. The third-order valence-corrected chi connectivity index (χ3v) is 3.98. The molecule has 2 aliphatic heterocycles. The second kappa shape index (κ2) is 4.72. The molecule has 0 saturated carbocycles. The Hall–Kier alpha value is -1.36. The van der Waals surface area contributed by atoms with Crippen LogP contribution in [0, 0.1) is 0 Å². The first-order valence-electron chi connectivity index (χ1n) is 6.80. The standard InChI is InChI=1S/C13H20N4O/c1-2-14-12-7-13(16-8-15-12)17-9-3-4-10(17)6-11(18)5-9/h7-11,18H,2-6H2,1H3,(H,14,15,16). The summed E-state index contributed by atoms with van der Waals surface area (Å²) >= 11 is 0. The molecule has 0 aliphatic carbocycles. The van der Waals surface area contributed by atoms with Crippen molar-refractivity contribution in [2.24, 2.45) is 0 Å². The van der Waals surface area contributed by atoms with Crippen molar-refractivity contribution < 1.29 is 5.11 Å². The number of aliphatic hydroxyl groups excluding tert-OH is 1. The monoisotopic (exact) mass is 248 g/mol. The maximum Gasteiger partial charge on any atom is 0.134 e. The van der Waals surface area contributed by atoms with E-state index in [1.165, 1.54) is 12.8 Å². The number of nitrogens with one attached hydrogen (secondary N) is 1. The highest BCUT2D eigenvalue weighted by Gasteiger charge is 2.40. The second-order valence-corrected chi connectivity index (χ2v) is 5.21. The van der Waals surface area contributed by atoms with Gasteiger partial charge in [-0.25, -0.2) is 9.97 Å². The summed E-state index contributed by atoms with van der Waals surface area (Å²) in [6, 6.07) is 2.92. The molecular weight excluding hydrogens is 228 g/mol. The fourth-order valence-corrected chi connectivity index (χ4v) is 3.29. The Morgan fingerprint density at radius 2 is 2.06 bits per heavy atom. The van der Waals surface area contributed by atoms with E-state index in [2.05, 4.69) is 27.1 Å². The van der Waals surface area contributed by atoms with E-state index in [0.29, 0.717) is 12.1 Å². The van der Waals surface area contributed by atoms with E-state index in [9.17, 15) is 5.11 Å². The molecular formula is C13H20N4O. The molecule has 1 aromatic rings. The van der Waals surface area contributed by atoms with E-state index in [1.54, 1.807) is 6.33 Å². The fourth-order valence-electron chi connectivity index (χ4n) is 3.29.